The summed E-state index contributed by atoms with van der Waals surface area (Å²) < 4.78 is 10.5. The van der Waals surface area contributed by atoms with Crippen molar-refractivity contribution in [3.05, 3.63) is 17.5 Å². The number of amides is 1. The van der Waals surface area contributed by atoms with Gasteiger partial charge < -0.3 is 14.6 Å². The second kappa shape index (κ2) is 8.14. The first-order chi connectivity index (χ1) is 10.2. The molecule has 1 amide bonds. The van der Waals surface area contributed by atoms with Gasteiger partial charge in [0.25, 0.3) is 0 Å². The first-order valence-electron chi connectivity index (χ1n) is 7.72. The Morgan fingerprint density at radius 3 is 2.90 bits per heavy atom. The number of ether oxygens (including phenoxy) is 1. The molecule has 6 nitrogen and oxygen atoms in total. The predicted molar refractivity (Wildman–Crippen MR) is 78.8 cm³/mol. The van der Waals surface area contributed by atoms with Crippen LogP contribution in [0.25, 0.3) is 0 Å². The lowest BCUT2D eigenvalue weighted by Crippen LogP contribution is -2.42. The first kappa shape index (κ1) is 16.0. The van der Waals surface area contributed by atoms with E-state index in [1.54, 1.807) is 0 Å². The van der Waals surface area contributed by atoms with Gasteiger partial charge in [-0.05, 0) is 19.8 Å². The van der Waals surface area contributed by atoms with Crippen molar-refractivity contribution in [2.45, 2.75) is 45.7 Å². The van der Waals surface area contributed by atoms with Crippen LogP contribution in [0, 0.1) is 0 Å². The van der Waals surface area contributed by atoms with E-state index in [0.29, 0.717) is 24.8 Å². The van der Waals surface area contributed by atoms with Crippen LogP contribution in [0.3, 0.4) is 0 Å². The third-order valence-electron chi connectivity index (χ3n) is 3.89. The maximum absolute atomic E-state index is 11.9. The van der Waals surface area contributed by atoms with E-state index in [1.165, 1.54) is 0 Å². The molecule has 2 heterocycles. The van der Waals surface area contributed by atoms with Crippen LogP contribution in [0.5, 0.6) is 0 Å². The lowest BCUT2D eigenvalue weighted by atomic mass is 10.1. The molecule has 0 aromatic carbocycles. The van der Waals surface area contributed by atoms with Crippen molar-refractivity contribution in [1.29, 1.82) is 0 Å². The van der Waals surface area contributed by atoms with Gasteiger partial charge in [0.2, 0.25) is 5.91 Å². The Morgan fingerprint density at radius 2 is 2.24 bits per heavy atom. The Bertz CT molecular complexity index is 441. The number of hydrogen-bond donors (Lipinski definition) is 1. The van der Waals surface area contributed by atoms with Crippen molar-refractivity contribution in [2.24, 2.45) is 0 Å². The van der Waals surface area contributed by atoms with Crippen molar-refractivity contribution >= 4 is 5.91 Å². The molecule has 118 valence electrons. The fourth-order valence-corrected chi connectivity index (χ4v) is 2.42. The summed E-state index contributed by atoms with van der Waals surface area (Å²) in [5, 5.41) is 6.78. The summed E-state index contributed by atoms with van der Waals surface area (Å²) in [7, 11) is 0. The predicted octanol–water partition coefficient (Wildman–Crippen LogP) is 1.35. The number of carbonyl (C=O) groups excluding carboxylic acids is 1. The minimum Gasteiger partial charge on any atom is -0.379 e. The normalized spacial score (nSPS) is 17.6. The average molecular weight is 295 g/mol. The molecular formula is C15H25N3O3. The lowest BCUT2D eigenvalue weighted by molar-refractivity contribution is -0.121. The zero-order valence-corrected chi connectivity index (χ0v) is 12.9. The van der Waals surface area contributed by atoms with E-state index in [2.05, 4.69) is 22.3 Å². The van der Waals surface area contributed by atoms with Gasteiger partial charge in [0.05, 0.1) is 25.5 Å². The molecule has 0 saturated carbocycles. The number of hydrogen-bond acceptors (Lipinski definition) is 5. The molecule has 0 bridgehead atoms. The van der Waals surface area contributed by atoms with Crippen LogP contribution in [-0.2, 0) is 22.5 Å². The highest BCUT2D eigenvalue weighted by atomic mass is 16.5. The number of nitrogens with one attached hydrogen (secondary N) is 1. The summed E-state index contributed by atoms with van der Waals surface area (Å²) in [5.74, 6) is 0.769. The van der Waals surface area contributed by atoms with Gasteiger partial charge in [-0.1, -0.05) is 12.1 Å². The second-order valence-corrected chi connectivity index (χ2v) is 5.45. The van der Waals surface area contributed by atoms with Gasteiger partial charge in [0.15, 0.2) is 5.76 Å². The molecular weight excluding hydrogens is 270 g/mol. The monoisotopic (exact) mass is 295 g/mol. The van der Waals surface area contributed by atoms with Crippen LogP contribution in [0.1, 0.15) is 38.1 Å². The van der Waals surface area contributed by atoms with E-state index in [4.69, 9.17) is 9.26 Å². The molecule has 1 fully saturated rings. The summed E-state index contributed by atoms with van der Waals surface area (Å²) in [4.78, 5) is 14.2. The van der Waals surface area contributed by atoms with Crippen molar-refractivity contribution in [3.63, 3.8) is 0 Å². The maximum atomic E-state index is 11.9. The van der Waals surface area contributed by atoms with Crippen LogP contribution < -0.4 is 5.32 Å². The summed E-state index contributed by atoms with van der Waals surface area (Å²) in [6.45, 7) is 8.11. The van der Waals surface area contributed by atoms with E-state index < -0.39 is 0 Å². The molecule has 1 aromatic heterocycles. The number of morpholine rings is 1. The van der Waals surface area contributed by atoms with Crippen LogP contribution in [0.2, 0.25) is 0 Å². The van der Waals surface area contributed by atoms with Gasteiger partial charge in [-0.2, -0.15) is 0 Å². The molecule has 1 saturated heterocycles. The molecule has 2 rings (SSSR count). The molecule has 0 unspecified atom stereocenters. The smallest absolute Gasteiger partial charge is 0.220 e. The number of carbonyl (C=O) groups is 1. The standard InChI is InChI=1S/C15H25N3O3/c1-3-13-10-14(21-17-13)11-16-15(19)5-4-12(2)18-6-8-20-9-7-18/h10,12H,3-9,11H2,1-2H3,(H,16,19)/t12-/m1/s1. The lowest BCUT2D eigenvalue weighted by Gasteiger charge is -2.32. The Balaban J connectivity index is 1.64. The molecule has 1 N–H and O–H groups in total. The Kier molecular flexibility index (Phi) is 6.20. The number of rotatable bonds is 7. The van der Waals surface area contributed by atoms with E-state index >= 15 is 0 Å². The third-order valence-corrected chi connectivity index (χ3v) is 3.89. The molecule has 0 spiro atoms. The zero-order chi connectivity index (χ0) is 15.1. The van der Waals surface area contributed by atoms with Gasteiger partial charge in [-0.25, -0.2) is 0 Å². The Hall–Kier alpha value is -1.40. The van der Waals surface area contributed by atoms with Crippen molar-refractivity contribution < 1.29 is 14.1 Å². The van der Waals surface area contributed by atoms with Crippen LogP contribution >= 0.6 is 0 Å². The molecule has 0 radical (unpaired) electrons. The summed E-state index contributed by atoms with van der Waals surface area (Å²) >= 11 is 0. The highest BCUT2D eigenvalue weighted by Crippen LogP contribution is 2.09. The maximum Gasteiger partial charge on any atom is 0.220 e. The van der Waals surface area contributed by atoms with Gasteiger partial charge in [-0.15, -0.1) is 0 Å². The first-order valence-corrected chi connectivity index (χ1v) is 7.72. The second-order valence-electron chi connectivity index (χ2n) is 5.45. The molecule has 1 aliphatic rings. The molecule has 21 heavy (non-hydrogen) atoms. The SMILES string of the molecule is CCc1cc(CNC(=O)CC[C@@H](C)N2CCOCC2)on1. The fraction of sp³-hybridized carbons (Fsp3) is 0.733. The average Bonchev–Trinajstić information content (AvgIpc) is 2.99. The number of nitrogens with zero attached hydrogens (tertiary/aromatic N) is 2. The summed E-state index contributed by atoms with van der Waals surface area (Å²) in [6.07, 6.45) is 2.24. The quantitative estimate of drug-likeness (QED) is 0.822. The van der Waals surface area contributed by atoms with Gasteiger partial charge in [-0.3, -0.25) is 9.69 Å². The van der Waals surface area contributed by atoms with Crippen molar-refractivity contribution in [2.75, 3.05) is 26.3 Å². The molecule has 1 atom stereocenters. The minimum absolute atomic E-state index is 0.0598. The number of aromatic nitrogens is 1. The summed E-state index contributed by atoms with van der Waals surface area (Å²) in [6, 6.07) is 2.30. The van der Waals surface area contributed by atoms with Crippen LogP contribution in [-0.4, -0.2) is 48.3 Å². The highest BCUT2D eigenvalue weighted by molar-refractivity contribution is 5.75. The fourth-order valence-electron chi connectivity index (χ4n) is 2.42. The summed E-state index contributed by atoms with van der Waals surface area (Å²) in [5.41, 5.74) is 0.917. The van der Waals surface area contributed by atoms with Crippen LogP contribution in [0.4, 0.5) is 0 Å². The van der Waals surface area contributed by atoms with E-state index in [1.807, 2.05) is 13.0 Å². The number of aryl methyl sites for hydroxylation is 1. The Morgan fingerprint density at radius 1 is 1.48 bits per heavy atom. The molecule has 1 aromatic rings. The van der Waals surface area contributed by atoms with Crippen LogP contribution in [0.15, 0.2) is 10.6 Å². The Labute approximate surface area is 125 Å². The van der Waals surface area contributed by atoms with Gasteiger partial charge >= 0.3 is 0 Å². The highest BCUT2D eigenvalue weighted by Gasteiger charge is 2.17. The largest absolute Gasteiger partial charge is 0.379 e. The third kappa shape index (κ3) is 5.13. The zero-order valence-electron chi connectivity index (χ0n) is 12.9. The van der Waals surface area contributed by atoms with Crippen molar-refractivity contribution in [3.8, 4) is 0 Å². The minimum atomic E-state index is 0.0598. The molecule has 6 heteroatoms. The van der Waals surface area contributed by atoms with E-state index in [9.17, 15) is 4.79 Å². The molecule has 1 aliphatic heterocycles. The van der Waals surface area contributed by atoms with E-state index in [-0.39, 0.29) is 5.91 Å². The molecule has 0 aliphatic carbocycles. The van der Waals surface area contributed by atoms with E-state index in [0.717, 1.165) is 44.8 Å². The van der Waals surface area contributed by atoms with Gasteiger partial charge in [0.1, 0.15) is 0 Å². The van der Waals surface area contributed by atoms with Crippen molar-refractivity contribution in [1.82, 2.24) is 15.4 Å². The topological polar surface area (TPSA) is 67.6 Å². The van der Waals surface area contributed by atoms with Gasteiger partial charge in [0, 0.05) is 31.6 Å².